The van der Waals surface area contributed by atoms with Crippen LogP contribution in [0.4, 0.5) is 0 Å². The second-order valence-corrected chi connectivity index (χ2v) is 21.0. The zero-order chi connectivity index (χ0) is 39.5. The van der Waals surface area contributed by atoms with Crippen molar-refractivity contribution in [1.29, 1.82) is 0 Å². The molecule has 0 bridgehead atoms. The average Bonchev–Trinajstić information content (AvgIpc) is 3.42. The number of unbranched alkanes of at least 4 members (excludes halogenated alkanes) is 11. The van der Waals surface area contributed by atoms with Crippen LogP contribution in [0.3, 0.4) is 0 Å². The van der Waals surface area contributed by atoms with E-state index < -0.39 is 0 Å². The molecule has 0 spiro atoms. The third kappa shape index (κ3) is 14.4. The third-order valence-corrected chi connectivity index (χ3v) is 17.1. The van der Waals surface area contributed by atoms with Gasteiger partial charge in [0, 0.05) is 0 Å². The maximum absolute atomic E-state index is 3.97. The van der Waals surface area contributed by atoms with Crippen molar-refractivity contribution in [1.82, 2.24) is 0 Å². The molecule has 53 heavy (non-hydrogen) atoms. The van der Waals surface area contributed by atoms with Crippen molar-refractivity contribution in [3.05, 3.63) is 23.8 Å². The highest BCUT2D eigenvalue weighted by Gasteiger charge is 2.63. The van der Waals surface area contributed by atoms with Crippen molar-refractivity contribution in [2.24, 2.45) is 57.7 Å². The van der Waals surface area contributed by atoms with Gasteiger partial charge in [-0.2, -0.15) is 0 Å². The quantitative estimate of drug-likeness (QED) is 0.0587. The minimum Gasteiger partial charge on any atom is -0.137 e. The van der Waals surface area contributed by atoms with Crippen LogP contribution in [0.5, 0.6) is 0 Å². The van der Waals surface area contributed by atoms with Crippen molar-refractivity contribution in [3.63, 3.8) is 0 Å². The molecule has 4 rings (SSSR count). The van der Waals surface area contributed by atoms with Crippen LogP contribution in [-0.4, -0.2) is 6.16 Å². The maximum atomic E-state index is 3.97. The van der Waals surface area contributed by atoms with E-state index in [1.807, 2.05) is 19.4 Å². The standard InChI is InChI=1S/C29H50.C21H43P.C2H6/c1-20(2)9-8-10-22(4)28(6)17-15-26-24-12-11-23-19-21(3)13-16-27(23,5)25(24)14-18-29(26,28)7;1-4-21(19-22)18-16-14-12-10-8-6-5-7-9-11-13-15-17-20(2)3;1-2/h11,20-22,24-26H,8-10,12-19H2,1-7H3;21H,2,4-19,22H2,1,3H3;1-2H3. The van der Waals surface area contributed by atoms with Gasteiger partial charge < -0.3 is 0 Å². The van der Waals surface area contributed by atoms with Crippen LogP contribution in [-0.2, 0) is 0 Å². The Kier molecular flexibility index (Phi) is 23.4. The first kappa shape index (κ1) is 49.1. The minimum absolute atomic E-state index is 0.540. The van der Waals surface area contributed by atoms with E-state index in [1.165, 1.54) is 179 Å². The minimum atomic E-state index is 0.540. The Labute approximate surface area is 338 Å². The van der Waals surface area contributed by atoms with Crippen molar-refractivity contribution in [3.8, 4) is 0 Å². The van der Waals surface area contributed by atoms with Gasteiger partial charge in [-0.05, 0) is 135 Å². The van der Waals surface area contributed by atoms with Crippen LogP contribution in [0.25, 0.3) is 0 Å². The predicted molar refractivity (Wildman–Crippen MR) is 246 cm³/mol. The average molecular weight is 755 g/mol. The van der Waals surface area contributed by atoms with Gasteiger partial charge in [0.25, 0.3) is 0 Å². The van der Waals surface area contributed by atoms with E-state index in [0.29, 0.717) is 16.2 Å². The molecule has 4 aliphatic carbocycles. The molecular formula is C52H99P. The summed E-state index contributed by atoms with van der Waals surface area (Å²) in [7, 11) is 2.91. The Balaban J connectivity index is 0.000000365. The molecule has 0 aromatic carbocycles. The summed E-state index contributed by atoms with van der Waals surface area (Å²) in [5, 5.41) is 0. The van der Waals surface area contributed by atoms with E-state index >= 15 is 0 Å². The van der Waals surface area contributed by atoms with Crippen molar-refractivity contribution in [2.75, 3.05) is 6.16 Å². The lowest BCUT2D eigenvalue weighted by molar-refractivity contribution is -0.0864. The molecule has 0 radical (unpaired) electrons. The molecule has 312 valence electrons. The lowest BCUT2D eigenvalue weighted by Gasteiger charge is -2.60. The fourth-order valence-electron chi connectivity index (χ4n) is 12.2. The van der Waals surface area contributed by atoms with Crippen LogP contribution < -0.4 is 0 Å². The lowest BCUT2D eigenvalue weighted by Crippen LogP contribution is -2.52. The summed E-state index contributed by atoms with van der Waals surface area (Å²) in [6, 6.07) is 0. The van der Waals surface area contributed by atoms with Crippen molar-refractivity contribution < 1.29 is 0 Å². The molecule has 1 heteroatoms. The Hall–Kier alpha value is -0.0900. The Morgan fingerprint density at radius 2 is 1.32 bits per heavy atom. The lowest BCUT2D eigenvalue weighted by atomic mass is 9.44. The molecule has 0 nitrogen and oxygen atoms in total. The Morgan fingerprint density at radius 1 is 0.755 bits per heavy atom. The largest absolute Gasteiger partial charge is 0.137 e. The van der Waals surface area contributed by atoms with Crippen LogP contribution in [0, 0.1) is 57.7 Å². The van der Waals surface area contributed by atoms with E-state index in [0.717, 1.165) is 41.4 Å². The zero-order valence-electron chi connectivity index (χ0n) is 38.5. The maximum Gasteiger partial charge on any atom is -0.00851 e. The third-order valence-electron chi connectivity index (χ3n) is 16.4. The van der Waals surface area contributed by atoms with Gasteiger partial charge in [0.1, 0.15) is 0 Å². The molecule has 3 fully saturated rings. The summed E-state index contributed by atoms with van der Waals surface area (Å²) >= 11 is 0. The first-order valence-electron chi connectivity index (χ1n) is 24.4. The molecule has 0 saturated heterocycles. The molecule has 0 aromatic heterocycles. The molecule has 0 aromatic rings. The van der Waals surface area contributed by atoms with E-state index in [9.17, 15) is 0 Å². The first-order valence-corrected chi connectivity index (χ1v) is 25.2. The highest BCUT2D eigenvalue weighted by atomic mass is 31.0. The molecule has 3 saturated carbocycles. The van der Waals surface area contributed by atoms with Gasteiger partial charge in [-0.1, -0.05) is 189 Å². The molecular weight excluding hydrogens is 656 g/mol. The molecule has 0 aliphatic heterocycles. The van der Waals surface area contributed by atoms with Gasteiger partial charge in [-0.3, -0.25) is 0 Å². The van der Waals surface area contributed by atoms with Gasteiger partial charge in [0.2, 0.25) is 0 Å². The molecule has 0 heterocycles. The van der Waals surface area contributed by atoms with Crippen molar-refractivity contribution >= 4 is 9.24 Å². The normalized spacial score (nSPS) is 31.5. The number of rotatable bonds is 22. The molecule has 0 amide bonds. The fourth-order valence-corrected chi connectivity index (χ4v) is 12.8. The van der Waals surface area contributed by atoms with E-state index in [4.69, 9.17) is 0 Å². The van der Waals surface area contributed by atoms with E-state index in [1.54, 1.807) is 0 Å². The van der Waals surface area contributed by atoms with E-state index in [2.05, 4.69) is 84.2 Å². The highest BCUT2D eigenvalue weighted by Crippen LogP contribution is 2.71. The van der Waals surface area contributed by atoms with Gasteiger partial charge in [-0.25, -0.2) is 0 Å². The predicted octanol–water partition coefficient (Wildman–Crippen LogP) is 18.0. The number of fused-ring (bicyclic) bond motifs is 5. The first-order chi connectivity index (χ1) is 25.3. The highest BCUT2D eigenvalue weighted by molar-refractivity contribution is 7.16. The number of hydrogen-bond donors (Lipinski definition) is 0. The van der Waals surface area contributed by atoms with Crippen LogP contribution in [0.1, 0.15) is 243 Å². The summed E-state index contributed by atoms with van der Waals surface area (Å²) < 4.78 is 0. The summed E-state index contributed by atoms with van der Waals surface area (Å²) in [5.41, 5.74) is 4.89. The Bertz CT molecular complexity index is 1000. The molecule has 0 N–H and O–H groups in total. The fraction of sp³-hybridized carbons (Fsp3) is 0.923. The SMILES string of the molecule is C=C(C)CCCCCCCCCCCCCCC(CC)CP.CC.CC(C)CCCC(C)C1(C)CCC2C3CC=C4CC(C)CCC4(C)C3CCC21C. The zero-order valence-corrected chi connectivity index (χ0v) is 39.6. The second kappa shape index (κ2) is 25.3. The van der Waals surface area contributed by atoms with Gasteiger partial charge in [0.05, 0.1) is 0 Å². The summed E-state index contributed by atoms with van der Waals surface area (Å²) in [6.07, 6.45) is 41.5. The van der Waals surface area contributed by atoms with Gasteiger partial charge in [-0.15, -0.1) is 15.8 Å². The van der Waals surface area contributed by atoms with Gasteiger partial charge >= 0.3 is 0 Å². The smallest absolute Gasteiger partial charge is 0.00851 e. The van der Waals surface area contributed by atoms with Gasteiger partial charge in [0.15, 0.2) is 0 Å². The summed E-state index contributed by atoms with van der Waals surface area (Å²) in [4.78, 5) is 0. The van der Waals surface area contributed by atoms with Crippen LogP contribution in [0.15, 0.2) is 23.8 Å². The van der Waals surface area contributed by atoms with E-state index in [-0.39, 0.29) is 0 Å². The molecule has 4 aliphatic rings. The monoisotopic (exact) mass is 755 g/mol. The molecule has 10 atom stereocenters. The molecule has 10 unspecified atom stereocenters. The summed E-state index contributed by atoms with van der Waals surface area (Å²) in [5.74, 6) is 6.55. The Morgan fingerprint density at radius 3 is 1.87 bits per heavy atom. The van der Waals surface area contributed by atoms with Crippen LogP contribution >= 0.6 is 9.24 Å². The van der Waals surface area contributed by atoms with Crippen molar-refractivity contribution in [2.45, 2.75) is 243 Å². The van der Waals surface area contributed by atoms with Crippen LogP contribution in [0.2, 0.25) is 0 Å². The number of allylic oxidation sites excluding steroid dienone is 3. The number of hydrogen-bond acceptors (Lipinski definition) is 0. The summed E-state index contributed by atoms with van der Waals surface area (Å²) in [6.45, 7) is 30.4. The topological polar surface area (TPSA) is 0 Å². The second-order valence-electron chi connectivity index (χ2n) is 20.5.